The Kier molecular flexibility index (Phi) is 5.36. The van der Waals surface area contributed by atoms with E-state index < -0.39 is 0 Å². The summed E-state index contributed by atoms with van der Waals surface area (Å²) in [5.74, 6) is 1.47. The molecule has 2 heterocycles. The van der Waals surface area contributed by atoms with Gasteiger partial charge in [-0.2, -0.15) is 19.6 Å². The van der Waals surface area contributed by atoms with Gasteiger partial charge in [-0.25, -0.2) is 0 Å². The van der Waals surface area contributed by atoms with Crippen LogP contribution in [0.15, 0.2) is 6.33 Å². The van der Waals surface area contributed by atoms with Crippen molar-refractivity contribution in [1.29, 1.82) is 0 Å². The molecule has 0 saturated carbocycles. The number of hydrogen-bond donors (Lipinski definition) is 0. The summed E-state index contributed by atoms with van der Waals surface area (Å²) in [6.45, 7) is 7.76. The molecule has 0 fully saturated rings. The van der Waals surface area contributed by atoms with Crippen LogP contribution in [0.1, 0.15) is 32.3 Å². The van der Waals surface area contributed by atoms with Crippen LogP contribution in [0.5, 0.6) is 0 Å². The number of rotatable bonds is 7. The van der Waals surface area contributed by atoms with Crippen LogP contribution in [0.4, 0.5) is 5.82 Å². The van der Waals surface area contributed by atoms with Crippen molar-refractivity contribution in [3.05, 3.63) is 17.0 Å². The third-order valence-corrected chi connectivity index (χ3v) is 4.13. The lowest BCUT2D eigenvalue weighted by Crippen LogP contribution is -2.39. The fourth-order valence-electron chi connectivity index (χ4n) is 2.60. The van der Waals surface area contributed by atoms with Crippen LogP contribution >= 0.6 is 11.6 Å². The summed E-state index contributed by atoms with van der Waals surface area (Å²) in [6.07, 6.45) is 3.58. The van der Waals surface area contributed by atoms with Gasteiger partial charge in [0.25, 0.3) is 5.78 Å². The molecular formula is C14H22ClN5O. The van der Waals surface area contributed by atoms with E-state index in [4.69, 9.17) is 16.3 Å². The largest absolute Gasteiger partial charge is 0.383 e. The Bertz CT molecular complexity index is 596. The molecule has 0 aliphatic rings. The van der Waals surface area contributed by atoms with Gasteiger partial charge < -0.3 is 9.64 Å². The van der Waals surface area contributed by atoms with Crippen molar-refractivity contribution in [2.24, 2.45) is 0 Å². The second kappa shape index (κ2) is 7.04. The smallest absolute Gasteiger partial charge is 0.255 e. The molecule has 6 nitrogen and oxygen atoms in total. The molecule has 0 bridgehead atoms. The fraction of sp³-hybridized carbons (Fsp3) is 0.643. The van der Waals surface area contributed by atoms with Crippen molar-refractivity contribution in [2.45, 2.75) is 39.7 Å². The second-order valence-corrected chi connectivity index (χ2v) is 5.34. The molecule has 0 atom stereocenters. The molecule has 7 heteroatoms. The van der Waals surface area contributed by atoms with E-state index in [2.05, 4.69) is 33.8 Å². The van der Waals surface area contributed by atoms with Crippen molar-refractivity contribution in [2.75, 3.05) is 25.2 Å². The van der Waals surface area contributed by atoms with Gasteiger partial charge in [-0.3, -0.25) is 0 Å². The Hall–Kier alpha value is -1.40. The van der Waals surface area contributed by atoms with E-state index in [1.165, 1.54) is 6.33 Å². The van der Waals surface area contributed by atoms with Crippen molar-refractivity contribution < 1.29 is 4.74 Å². The minimum atomic E-state index is 0.393. The molecule has 2 rings (SSSR count). The molecule has 0 radical (unpaired) electrons. The number of hydrogen-bond acceptors (Lipinski definition) is 5. The molecule has 0 aliphatic heterocycles. The normalized spacial score (nSPS) is 11.5. The first-order valence-corrected chi connectivity index (χ1v) is 7.63. The van der Waals surface area contributed by atoms with E-state index in [9.17, 15) is 0 Å². The molecule has 21 heavy (non-hydrogen) atoms. The summed E-state index contributed by atoms with van der Waals surface area (Å²) in [4.78, 5) is 10.7. The van der Waals surface area contributed by atoms with Crippen LogP contribution in [0, 0.1) is 6.92 Å². The number of methoxy groups -OCH3 is 1. The van der Waals surface area contributed by atoms with Gasteiger partial charge in [0.1, 0.15) is 17.3 Å². The van der Waals surface area contributed by atoms with Gasteiger partial charge >= 0.3 is 0 Å². The predicted octanol–water partition coefficient (Wildman–Crippen LogP) is 2.73. The molecule has 0 aromatic carbocycles. The summed E-state index contributed by atoms with van der Waals surface area (Å²) in [7, 11) is 1.71. The highest BCUT2D eigenvalue weighted by molar-refractivity contribution is 6.30. The molecule has 0 saturated heterocycles. The summed E-state index contributed by atoms with van der Waals surface area (Å²) < 4.78 is 7.02. The quantitative estimate of drug-likeness (QED) is 0.736. The number of ether oxygens (including phenoxy) is 1. The van der Waals surface area contributed by atoms with Crippen LogP contribution in [-0.4, -0.2) is 45.9 Å². The number of fused-ring (bicyclic) bond motifs is 1. The Morgan fingerprint density at radius 2 is 2.10 bits per heavy atom. The van der Waals surface area contributed by atoms with Crippen molar-refractivity contribution in [3.63, 3.8) is 0 Å². The van der Waals surface area contributed by atoms with Gasteiger partial charge in [-0.05, 0) is 19.8 Å². The summed E-state index contributed by atoms with van der Waals surface area (Å²) >= 11 is 6.27. The molecule has 0 spiro atoms. The van der Waals surface area contributed by atoms with E-state index in [0.717, 1.165) is 30.8 Å². The molecule has 2 aromatic heterocycles. The maximum atomic E-state index is 6.27. The lowest BCUT2D eigenvalue weighted by atomic mass is 10.1. The summed E-state index contributed by atoms with van der Waals surface area (Å²) in [5.41, 5.74) is 0.915. The average Bonchev–Trinajstić information content (AvgIpc) is 2.93. The average molecular weight is 312 g/mol. The molecule has 0 amide bonds. The van der Waals surface area contributed by atoms with Gasteiger partial charge in [-0.1, -0.05) is 25.4 Å². The zero-order valence-corrected chi connectivity index (χ0v) is 13.8. The Balaban J connectivity index is 2.57. The van der Waals surface area contributed by atoms with Crippen LogP contribution in [0.2, 0.25) is 5.15 Å². The summed E-state index contributed by atoms with van der Waals surface area (Å²) in [5, 5.41) is 4.77. The predicted molar refractivity (Wildman–Crippen MR) is 84.1 cm³/mol. The minimum Gasteiger partial charge on any atom is -0.383 e. The monoisotopic (exact) mass is 311 g/mol. The standard InChI is InChI=1S/C14H22ClN5O/c1-5-11(6-2)19(7-8-21-4)13-10(3)12(15)18-14-16-9-17-20(13)14/h9,11H,5-8H2,1-4H3. The second-order valence-electron chi connectivity index (χ2n) is 4.98. The van der Waals surface area contributed by atoms with Crippen molar-refractivity contribution in [3.8, 4) is 0 Å². The topological polar surface area (TPSA) is 55.5 Å². The highest BCUT2D eigenvalue weighted by atomic mass is 35.5. The Morgan fingerprint density at radius 3 is 2.71 bits per heavy atom. The third-order valence-electron chi connectivity index (χ3n) is 3.77. The fourth-order valence-corrected chi connectivity index (χ4v) is 2.76. The van der Waals surface area contributed by atoms with Gasteiger partial charge in [0.15, 0.2) is 0 Å². The molecular weight excluding hydrogens is 290 g/mol. The first-order valence-electron chi connectivity index (χ1n) is 7.25. The van der Waals surface area contributed by atoms with E-state index in [-0.39, 0.29) is 0 Å². The van der Waals surface area contributed by atoms with Crippen molar-refractivity contribution in [1.82, 2.24) is 19.6 Å². The lowest BCUT2D eigenvalue weighted by Gasteiger charge is -2.33. The van der Waals surface area contributed by atoms with E-state index >= 15 is 0 Å². The first kappa shape index (κ1) is 16.0. The zero-order chi connectivity index (χ0) is 15.4. The van der Waals surface area contributed by atoms with Gasteiger partial charge in [0.2, 0.25) is 0 Å². The van der Waals surface area contributed by atoms with Crippen LogP contribution in [0.25, 0.3) is 5.78 Å². The first-order chi connectivity index (χ1) is 10.1. The van der Waals surface area contributed by atoms with E-state index in [1.54, 1.807) is 11.6 Å². The Labute approximate surface area is 130 Å². The third kappa shape index (κ3) is 3.11. The number of nitrogens with zero attached hydrogens (tertiary/aromatic N) is 5. The van der Waals surface area contributed by atoms with Gasteiger partial charge in [-0.15, -0.1) is 0 Å². The molecule has 116 valence electrons. The number of anilines is 1. The maximum absolute atomic E-state index is 6.27. The maximum Gasteiger partial charge on any atom is 0.255 e. The molecule has 0 unspecified atom stereocenters. The van der Waals surface area contributed by atoms with Crippen LogP contribution in [-0.2, 0) is 4.74 Å². The minimum absolute atomic E-state index is 0.393. The molecule has 2 aromatic rings. The zero-order valence-electron chi connectivity index (χ0n) is 13.0. The Morgan fingerprint density at radius 1 is 1.38 bits per heavy atom. The van der Waals surface area contributed by atoms with Crippen LogP contribution in [0.3, 0.4) is 0 Å². The van der Waals surface area contributed by atoms with Gasteiger partial charge in [0.05, 0.1) is 6.61 Å². The highest BCUT2D eigenvalue weighted by Gasteiger charge is 2.23. The molecule has 0 N–H and O–H groups in total. The van der Waals surface area contributed by atoms with Crippen LogP contribution < -0.4 is 4.90 Å². The highest BCUT2D eigenvalue weighted by Crippen LogP contribution is 2.28. The van der Waals surface area contributed by atoms with E-state index in [1.807, 2.05) is 6.92 Å². The van der Waals surface area contributed by atoms with Crippen molar-refractivity contribution >= 4 is 23.2 Å². The number of halogens is 1. The summed E-state index contributed by atoms with van der Waals surface area (Å²) in [6, 6.07) is 0.393. The van der Waals surface area contributed by atoms with Gasteiger partial charge in [0, 0.05) is 25.3 Å². The lowest BCUT2D eigenvalue weighted by molar-refractivity contribution is 0.202. The number of aromatic nitrogens is 4. The molecule has 0 aliphatic carbocycles. The SMILES string of the molecule is CCC(CC)N(CCOC)c1c(C)c(Cl)nc2ncnn12. The van der Waals surface area contributed by atoms with E-state index in [0.29, 0.717) is 23.6 Å².